The molecule has 1 saturated heterocycles. The molecule has 230 valence electrons. The third-order valence-corrected chi connectivity index (χ3v) is 7.64. The van der Waals surface area contributed by atoms with Crippen molar-refractivity contribution in [3.05, 3.63) is 76.6 Å². The van der Waals surface area contributed by atoms with E-state index < -0.39 is 36.0 Å². The molecule has 0 N–H and O–H groups in total. The van der Waals surface area contributed by atoms with E-state index in [0.717, 1.165) is 49.1 Å². The van der Waals surface area contributed by atoms with Crippen LogP contribution in [0.1, 0.15) is 68.6 Å². The van der Waals surface area contributed by atoms with Crippen molar-refractivity contribution in [2.24, 2.45) is 5.92 Å². The molecule has 0 saturated carbocycles. The zero-order valence-corrected chi connectivity index (χ0v) is 23.9. The first-order valence-electron chi connectivity index (χ1n) is 14.7. The van der Waals surface area contributed by atoms with Gasteiger partial charge in [-0.05, 0) is 59.9 Å². The summed E-state index contributed by atoms with van der Waals surface area (Å²) in [5.74, 6) is -3.51. The fourth-order valence-corrected chi connectivity index (χ4v) is 5.30. The minimum atomic E-state index is -4.72. The molecule has 3 aromatic carbocycles. The second-order valence-corrected chi connectivity index (χ2v) is 11.1. The molecule has 0 spiro atoms. The number of fused-ring (bicyclic) bond motifs is 1. The highest BCUT2D eigenvalue weighted by molar-refractivity contribution is 5.84. The second kappa shape index (κ2) is 15.1. The van der Waals surface area contributed by atoms with Crippen LogP contribution >= 0.6 is 0 Å². The summed E-state index contributed by atoms with van der Waals surface area (Å²) in [6.07, 6.45) is 4.16. The number of unbranched alkanes of at least 4 members (excludes halogenated alkanes) is 4. The van der Waals surface area contributed by atoms with E-state index in [1.54, 1.807) is 12.1 Å². The molecule has 1 aliphatic rings. The van der Waals surface area contributed by atoms with Crippen LogP contribution in [0.15, 0.2) is 42.5 Å². The van der Waals surface area contributed by atoms with Crippen LogP contribution in [-0.4, -0.2) is 32.3 Å². The summed E-state index contributed by atoms with van der Waals surface area (Å²) in [7, 11) is 0. The maximum atomic E-state index is 15.3. The molecule has 0 radical (unpaired) electrons. The van der Waals surface area contributed by atoms with Crippen molar-refractivity contribution < 1.29 is 40.6 Å². The Kier molecular flexibility index (Phi) is 11.6. The summed E-state index contributed by atoms with van der Waals surface area (Å²) in [5, 5.41) is 1.18. The van der Waals surface area contributed by atoms with Crippen LogP contribution in [0.2, 0.25) is 0 Å². The lowest BCUT2D eigenvalue weighted by Gasteiger charge is -2.29. The van der Waals surface area contributed by atoms with E-state index in [4.69, 9.17) is 9.47 Å². The molecule has 1 aliphatic heterocycles. The average Bonchev–Trinajstić information content (AvgIpc) is 2.95. The molecule has 0 bridgehead atoms. The third kappa shape index (κ3) is 9.36. The third-order valence-electron chi connectivity index (χ3n) is 7.64. The fraction of sp³-hybridized carbons (Fsp3) is 0.515. The Morgan fingerprint density at radius 3 is 2.19 bits per heavy atom. The van der Waals surface area contributed by atoms with Gasteiger partial charge in [-0.25, -0.2) is 13.2 Å². The van der Waals surface area contributed by atoms with Crippen LogP contribution in [0.3, 0.4) is 0 Å². The predicted molar refractivity (Wildman–Crippen MR) is 150 cm³/mol. The standard InChI is InChI=1S/C33H38F6O3/c1-2-3-4-5-6-7-24-19-40-30(41-20-24)15-10-22-9-14-27-26(16-22)13-12-25(31(27)36)11-8-23-17-28(34)32(29(35)18-23)42-21-33(37,38)39/h9,12-14,16-18,24,30H,2-8,10-11,15,19-21H2,1H3. The summed E-state index contributed by atoms with van der Waals surface area (Å²) < 4.78 is 96.8. The predicted octanol–water partition coefficient (Wildman–Crippen LogP) is 9.27. The highest BCUT2D eigenvalue weighted by atomic mass is 19.4. The smallest absolute Gasteiger partial charge is 0.422 e. The highest BCUT2D eigenvalue weighted by Gasteiger charge is 2.30. The molecule has 3 nitrogen and oxygen atoms in total. The quantitative estimate of drug-likeness (QED) is 0.137. The number of alkyl halides is 3. The number of hydrogen-bond donors (Lipinski definition) is 0. The van der Waals surface area contributed by atoms with E-state index in [-0.39, 0.29) is 24.7 Å². The van der Waals surface area contributed by atoms with Gasteiger partial charge in [0.05, 0.1) is 13.2 Å². The Hall–Kier alpha value is -2.78. The Morgan fingerprint density at radius 2 is 1.50 bits per heavy atom. The van der Waals surface area contributed by atoms with Gasteiger partial charge in [0.2, 0.25) is 0 Å². The minimum Gasteiger partial charge on any atom is -0.478 e. The molecule has 0 amide bonds. The van der Waals surface area contributed by atoms with Gasteiger partial charge >= 0.3 is 6.18 Å². The van der Waals surface area contributed by atoms with Crippen molar-refractivity contribution in [2.45, 2.75) is 83.6 Å². The van der Waals surface area contributed by atoms with Gasteiger partial charge in [0.1, 0.15) is 5.82 Å². The van der Waals surface area contributed by atoms with Crippen LogP contribution < -0.4 is 4.74 Å². The second-order valence-electron chi connectivity index (χ2n) is 11.1. The van der Waals surface area contributed by atoms with Crippen molar-refractivity contribution in [1.82, 2.24) is 0 Å². The Balaban J connectivity index is 1.28. The molecule has 1 fully saturated rings. The van der Waals surface area contributed by atoms with Crippen LogP contribution in [0, 0.1) is 23.4 Å². The molecular weight excluding hydrogens is 558 g/mol. The van der Waals surface area contributed by atoms with E-state index in [2.05, 4.69) is 11.7 Å². The van der Waals surface area contributed by atoms with Crippen molar-refractivity contribution >= 4 is 10.8 Å². The van der Waals surface area contributed by atoms with Gasteiger partial charge in [0.15, 0.2) is 30.3 Å². The molecular formula is C33H38F6O3. The fourth-order valence-electron chi connectivity index (χ4n) is 5.30. The monoisotopic (exact) mass is 596 g/mol. The molecule has 0 aromatic heterocycles. The molecule has 4 rings (SSSR count). The lowest BCUT2D eigenvalue weighted by Crippen LogP contribution is -2.32. The van der Waals surface area contributed by atoms with Crippen LogP contribution in [-0.2, 0) is 28.7 Å². The van der Waals surface area contributed by atoms with Gasteiger partial charge in [-0.3, -0.25) is 0 Å². The van der Waals surface area contributed by atoms with Gasteiger partial charge in [-0.15, -0.1) is 0 Å². The highest BCUT2D eigenvalue weighted by Crippen LogP contribution is 2.28. The number of halogens is 6. The molecule has 0 unspecified atom stereocenters. The molecule has 3 aromatic rings. The summed E-state index contributed by atoms with van der Waals surface area (Å²) in [6, 6.07) is 10.8. The topological polar surface area (TPSA) is 27.7 Å². The molecule has 42 heavy (non-hydrogen) atoms. The minimum absolute atomic E-state index is 0.0923. The van der Waals surface area contributed by atoms with E-state index in [9.17, 15) is 22.0 Å². The number of ether oxygens (including phenoxy) is 3. The lowest BCUT2D eigenvalue weighted by atomic mass is 9.98. The van der Waals surface area contributed by atoms with Crippen molar-refractivity contribution in [2.75, 3.05) is 19.8 Å². The van der Waals surface area contributed by atoms with Crippen molar-refractivity contribution in [3.63, 3.8) is 0 Å². The van der Waals surface area contributed by atoms with Crippen LogP contribution in [0.25, 0.3) is 10.8 Å². The van der Waals surface area contributed by atoms with Gasteiger partial charge in [-0.1, -0.05) is 69.4 Å². The maximum absolute atomic E-state index is 15.3. The average molecular weight is 597 g/mol. The number of rotatable bonds is 14. The SMILES string of the molecule is CCCCCCCC1COC(CCc2ccc3c(F)c(CCc4cc(F)c(OCC(F)(F)F)c(F)c4)ccc3c2)OC1. The van der Waals surface area contributed by atoms with Crippen molar-refractivity contribution in [3.8, 4) is 5.75 Å². The molecule has 0 atom stereocenters. The first kappa shape index (κ1) is 32.1. The van der Waals surface area contributed by atoms with Gasteiger partial charge in [0.25, 0.3) is 0 Å². The van der Waals surface area contributed by atoms with Gasteiger partial charge < -0.3 is 14.2 Å². The lowest BCUT2D eigenvalue weighted by molar-refractivity contribution is -0.203. The van der Waals surface area contributed by atoms with E-state index >= 15 is 4.39 Å². The molecule has 1 heterocycles. The Morgan fingerprint density at radius 1 is 0.786 bits per heavy atom. The summed E-state index contributed by atoms with van der Waals surface area (Å²) in [4.78, 5) is 0. The Bertz CT molecular complexity index is 1280. The van der Waals surface area contributed by atoms with E-state index in [1.165, 1.54) is 32.1 Å². The summed E-state index contributed by atoms with van der Waals surface area (Å²) in [5.41, 5.74) is 1.60. The first-order chi connectivity index (χ1) is 20.1. The van der Waals surface area contributed by atoms with E-state index in [0.29, 0.717) is 23.3 Å². The first-order valence-corrected chi connectivity index (χ1v) is 14.7. The number of benzene rings is 3. The summed E-state index contributed by atoms with van der Waals surface area (Å²) >= 11 is 0. The maximum Gasteiger partial charge on any atom is 0.422 e. The van der Waals surface area contributed by atoms with Crippen LogP contribution in [0.5, 0.6) is 5.75 Å². The summed E-state index contributed by atoms with van der Waals surface area (Å²) in [6.45, 7) is 1.86. The number of aryl methyl sites for hydroxylation is 3. The zero-order chi connectivity index (χ0) is 30.1. The number of hydrogen-bond acceptors (Lipinski definition) is 3. The zero-order valence-electron chi connectivity index (χ0n) is 23.9. The van der Waals surface area contributed by atoms with Gasteiger partial charge in [0, 0.05) is 17.7 Å². The molecule has 0 aliphatic carbocycles. The van der Waals surface area contributed by atoms with Gasteiger partial charge in [-0.2, -0.15) is 13.2 Å². The largest absolute Gasteiger partial charge is 0.478 e. The van der Waals surface area contributed by atoms with Crippen molar-refractivity contribution in [1.29, 1.82) is 0 Å². The van der Waals surface area contributed by atoms with E-state index in [1.807, 2.05) is 18.2 Å². The van der Waals surface area contributed by atoms with Crippen LogP contribution in [0.4, 0.5) is 26.3 Å². The normalized spacial score (nSPS) is 17.6. The molecule has 9 heteroatoms. The Labute approximate surface area is 243 Å².